The van der Waals surface area contributed by atoms with Gasteiger partial charge in [-0.3, -0.25) is 13.9 Å². The molecule has 1 saturated carbocycles. The van der Waals surface area contributed by atoms with Gasteiger partial charge in [0.15, 0.2) is 0 Å². The molecule has 4 aromatic rings. The highest BCUT2D eigenvalue weighted by Gasteiger charge is 2.36. The minimum absolute atomic E-state index is 0.0404. The summed E-state index contributed by atoms with van der Waals surface area (Å²) in [5.41, 5.74) is 3.03. The number of ether oxygens (including phenoxy) is 1. The number of amides is 2. The van der Waals surface area contributed by atoms with Crippen molar-refractivity contribution in [1.82, 2.24) is 10.2 Å². The van der Waals surface area contributed by atoms with Gasteiger partial charge in [-0.15, -0.1) is 0 Å². The Hall–Kier alpha value is -4.63. The number of carbonyl (C=O) groups excluding carboxylic acids is 2. The van der Waals surface area contributed by atoms with Crippen molar-refractivity contribution in [3.63, 3.8) is 0 Å². The number of rotatable bonds is 13. The molecule has 0 saturated heterocycles. The Labute approximate surface area is 272 Å². The van der Waals surface area contributed by atoms with Crippen LogP contribution in [0.4, 0.5) is 5.69 Å². The summed E-state index contributed by atoms with van der Waals surface area (Å²) in [5, 5.41) is 3.20. The second-order valence-electron chi connectivity index (χ2n) is 11.7. The zero-order valence-corrected chi connectivity index (χ0v) is 27.2. The van der Waals surface area contributed by atoms with E-state index in [0.29, 0.717) is 5.75 Å². The van der Waals surface area contributed by atoms with Gasteiger partial charge in [0.05, 0.1) is 17.7 Å². The molecule has 0 unspecified atom stereocenters. The van der Waals surface area contributed by atoms with E-state index >= 15 is 0 Å². The fourth-order valence-electron chi connectivity index (χ4n) is 5.88. The van der Waals surface area contributed by atoms with Crippen molar-refractivity contribution >= 4 is 27.5 Å². The monoisotopic (exact) mass is 639 g/mol. The van der Waals surface area contributed by atoms with Crippen LogP contribution in [0.1, 0.15) is 42.4 Å². The lowest BCUT2D eigenvalue weighted by molar-refractivity contribution is -0.140. The van der Waals surface area contributed by atoms with Gasteiger partial charge in [-0.2, -0.15) is 0 Å². The standard InChI is InChI=1S/C37H41N3O5S/c1-28-21-23-30(24-22-28)26-39(34(25-29-13-5-3-6-14-29)37(42)38-31-15-9-10-16-31)36(41)27-40(33-19-11-12-20-35(33)45-2)46(43,44)32-17-7-4-8-18-32/h3-8,11-14,17-24,31,34H,9-10,15-16,25-27H2,1-2H3,(H,38,42)/t34-/m0/s1. The van der Waals surface area contributed by atoms with Crippen molar-refractivity contribution in [2.75, 3.05) is 18.0 Å². The van der Waals surface area contributed by atoms with Crippen LogP contribution in [0.5, 0.6) is 5.75 Å². The number of methoxy groups -OCH3 is 1. The van der Waals surface area contributed by atoms with E-state index in [1.807, 2.05) is 61.5 Å². The fourth-order valence-corrected chi connectivity index (χ4v) is 7.33. The lowest BCUT2D eigenvalue weighted by Crippen LogP contribution is -2.54. The highest BCUT2D eigenvalue weighted by Crippen LogP contribution is 2.32. The molecule has 0 aliphatic heterocycles. The van der Waals surface area contributed by atoms with Gasteiger partial charge < -0.3 is 15.0 Å². The van der Waals surface area contributed by atoms with Crippen LogP contribution in [-0.2, 0) is 32.6 Å². The molecular weight excluding hydrogens is 598 g/mol. The summed E-state index contributed by atoms with van der Waals surface area (Å²) in [6.07, 6.45) is 4.16. The van der Waals surface area contributed by atoms with Gasteiger partial charge in [0.25, 0.3) is 10.0 Å². The van der Waals surface area contributed by atoms with Gasteiger partial charge in [-0.05, 0) is 55.2 Å². The van der Waals surface area contributed by atoms with E-state index in [9.17, 15) is 18.0 Å². The predicted octanol–water partition coefficient (Wildman–Crippen LogP) is 5.90. The molecule has 4 aromatic carbocycles. The van der Waals surface area contributed by atoms with E-state index in [2.05, 4.69) is 5.32 Å². The number of benzene rings is 4. The average Bonchev–Trinajstić information content (AvgIpc) is 3.59. The Morgan fingerprint density at radius 2 is 1.43 bits per heavy atom. The number of hydrogen-bond acceptors (Lipinski definition) is 5. The molecule has 0 bridgehead atoms. The highest BCUT2D eigenvalue weighted by molar-refractivity contribution is 7.92. The maximum atomic E-state index is 14.6. The molecular formula is C37H41N3O5S. The van der Waals surface area contributed by atoms with E-state index in [1.165, 1.54) is 24.1 Å². The van der Waals surface area contributed by atoms with Crippen LogP contribution in [0.3, 0.4) is 0 Å². The molecule has 46 heavy (non-hydrogen) atoms. The molecule has 0 aromatic heterocycles. The summed E-state index contributed by atoms with van der Waals surface area (Å²) in [7, 11) is -2.75. The molecule has 1 fully saturated rings. The van der Waals surface area contributed by atoms with E-state index in [1.54, 1.807) is 42.5 Å². The number of sulfonamides is 1. The quantitative estimate of drug-likeness (QED) is 0.197. The lowest BCUT2D eigenvalue weighted by Gasteiger charge is -2.34. The summed E-state index contributed by atoms with van der Waals surface area (Å²) in [5.74, 6) is -0.445. The number of carbonyl (C=O) groups is 2. The lowest BCUT2D eigenvalue weighted by atomic mass is 10.0. The first-order valence-electron chi connectivity index (χ1n) is 15.7. The minimum atomic E-state index is -4.21. The zero-order valence-electron chi connectivity index (χ0n) is 26.3. The number of nitrogens with zero attached hydrogens (tertiary/aromatic N) is 2. The van der Waals surface area contributed by atoms with Crippen LogP contribution in [0.15, 0.2) is 114 Å². The molecule has 0 spiro atoms. The SMILES string of the molecule is COc1ccccc1N(CC(=O)N(Cc1ccc(C)cc1)[C@@H](Cc1ccccc1)C(=O)NC1CCCC1)S(=O)(=O)c1ccccc1. The van der Waals surface area contributed by atoms with Crippen molar-refractivity contribution < 1.29 is 22.7 Å². The molecule has 1 atom stereocenters. The Bertz CT molecular complexity index is 1710. The van der Waals surface area contributed by atoms with Crippen LogP contribution >= 0.6 is 0 Å². The molecule has 1 aliphatic rings. The van der Waals surface area contributed by atoms with Gasteiger partial charge in [0, 0.05) is 19.0 Å². The molecule has 5 rings (SSSR count). The Morgan fingerprint density at radius 1 is 0.826 bits per heavy atom. The largest absolute Gasteiger partial charge is 0.495 e. The Kier molecular flexibility index (Phi) is 10.8. The van der Waals surface area contributed by atoms with Crippen LogP contribution in [0.2, 0.25) is 0 Å². The molecule has 240 valence electrons. The molecule has 0 heterocycles. The van der Waals surface area contributed by atoms with Gasteiger partial charge in [-0.1, -0.05) is 103 Å². The summed E-state index contributed by atoms with van der Waals surface area (Å²) < 4.78 is 35.0. The first-order chi connectivity index (χ1) is 22.3. The number of aryl methyl sites for hydroxylation is 1. The van der Waals surface area contributed by atoms with Gasteiger partial charge in [0.2, 0.25) is 11.8 Å². The second kappa shape index (κ2) is 15.1. The van der Waals surface area contributed by atoms with Crippen molar-refractivity contribution in [3.8, 4) is 5.75 Å². The summed E-state index contributed by atoms with van der Waals surface area (Å²) in [6, 6.07) is 31.3. The van der Waals surface area contributed by atoms with E-state index in [4.69, 9.17) is 4.74 Å². The fraction of sp³-hybridized carbons (Fsp3) is 0.297. The molecule has 0 radical (unpaired) electrons. The molecule has 8 nitrogen and oxygen atoms in total. The topological polar surface area (TPSA) is 96.0 Å². The minimum Gasteiger partial charge on any atom is -0.495 e. The number of para-hydroxylation sites is 2. The maximum Gasteiger partial charge on any atom is 0.264 e. The summed E-state index contributed by atoms with van der Waals surface area (Å²) >= 11 is 0. The Morgan fingerprint density at radius 3 is 2.09 bits per heavy atom. The number of anilines is 1. The van der Waals surface area contributed by atoms with E-state index in [-0.39, 0.29) is 35.5 Å². The number of hydrogen-bond donors (Lipinski definition) is 1. The third-order valence-corrected chi connectivity index (χ3v) is 10.2. The van der Waals surface area contributed by atoms with Crippen molar-refractivity contribution in [2.24, 2.45) is 0 Å². The zero-order chi connectivity index (χ0) is 32.5. The van der Waals surface area contributed by atoms with Crippen LogP contribution < -0.4 is 14.4 Å². The average molecular weight is 640 g/mol. The van der Waals surface area contributed by atoms with Crippen LogP contribution in [0, 0.1) is 6.92 Å². The predicted molar refractivity (Wildman–Crippen MR) is 180 cm³/mol. The Balaban J connectivity index is 1.58. The van der Waals surface area contributed by atoms with Crippen LogP contribution in [-0.4, -0.2) is 50.9 Å². The van der Waals surface area contributed by atoms with E-state index in [0.717, 1.165) is 46.7 Å². The van der Waals surface area contributed by atoms with Crippen LogP contribution in [0.25, 0.3) is 0 Å². The smallest absolute Gasteiger partial charge is 0.264 e. The summed E-state index contributed by atoms with van der Waals surface area (Å²) in [6.45, 7) is 1.57. The van der Waals surface area contributed by atoms with E-state index < -0.39 is 28.5 Å². The van der Waals surface area contributed by atoms with Crippen molar-refractivity contribution in [1.29, 1.82) is 0 Å². The van der Waals surface area contributed by atoms with Gasteiger partial charge in [0.1, 0.15) is 18.3 Å². The molecule has 9 heteroatoms. The van der Waals surface area contributed by atoms with Gasteiger partial charge >= 0.3 is 0 Å². The normalized spacial score (nSPS) is 14.0. The van der Waals surface area contributed by atoms with Crippen molar-refractivity contribution in [3.05, 3.63) is 126 Å². The highest BCUT2D eigenvalue weighted by atomic mass is 32.2. The second-order valence-corrected chi connectivity index (χ2v) is 13.6. The summed E-state index contributed by atoms with van der Waals surface area (Å²) in [4.78, 5) is 30.3. The van der Waals surface area contributed by atoms with Crippen molar-refractivity contribution in [2.45, 2.75) is 62.6 Å². The molecule has 1 aliphatic carbocycles. The first-order valence-corrected chi connectivity index (χ1v) is 17.1. The third-order valence-electron chi connectivity index (χ3n) is 8.41. The third kappa shape index (κ3) is 7.95. The number of nitrogens with one attached hydrogen (secondary N) is 1. The molecule has 2 amide bonds. The maximum absolute atomic E-state index is 14.6. The first kappa shape index (κ1) is 32.8. The van der Waals surface area contributed by atoms with Gasteiger partial charge in [-0.25, -0.2) is 8.42 Å². The molecule has 1 N–H and O–H groups in total.